The number of hydrogen-bond acceptors (Lipinski definition) is 5. The van der Waals surface area contributed by atoms with Crippen molar-refractivity contribution in [3.8, 4) is 16.8 Å². The summed E-state index contributed by atoms with van der Waals surface area (Å²) in [6, 6.07) is 12.9. The van der Waals surface area contributed by atoms with Gasteiger partial charge in [0.1, 0.15) is 0 Å². The monoisotopic (exact) mass is 426 g/mol. The second-order valence-electron chi connectivity index (χ2n) is 8.99. The van der Waals surface area contributed by atoms with Crippen LogP contribution in [0.15, 0.2) is 61.2 Å². The molecule has 0 amide bonds. The minimum Gasteiger partial charge on any atom is -0.305 e. The summed E-state index contributed by atoms with van der Waals surface area (Å²) in [5.74, 6) is 0. The van der Waals surface area contributed by atoms with Gasteiger partial charge in [0.15, 0.2) is 0 Å². The van der Waals surface area contributed by atoms with E-state index in [1.54, 1.807) is 0 Å². The van der Waals surface area contributed by atoms with Crippen molar-refractivity contribution < 1.29 is 0 Å². The van der Waals surface area contributed by atoms with E-state index in [-0.39, 0.29) is 0 Å². The third-order valence-corrected chi connectivity index (χ3v) is 6.07. The maximum Gasteiger partial charge on any atom is 0.0741 e. The Hall–Kier alpha value is -3.09. The number of fused-ring (bicyclic) bond motifs is 1. The van der Waals surface area contributed by atoms with E-state index in [1.807, 2.05) is 35.5 Å². The van der Waals surface area contributed by atoms with Gasteiger partial charge < -0.3 is 4.90 Å². The van der Waals surface area contributed by atoms with Crippen LogP contribution in [0, 0.1) is 0 Å². The molecule has 0 spiro atoms. The van der Waals surface area contributed by atoms with Crippen LogP contribution in [0.1, 0.15) is 30.5 Å². The van der Waals surface area contributed by atoms with E-state index in [0.29, 0.717) is 0 Å². The number of benzene rings is 1. The van der Waals surface area contributed by atoms with Crippen molar-refractivity contribution in [1.82, 2.24) is 29.5 Å². The molecule has 1 aliphatic heterocycles. The molecule has 0 aliphatic carbocycles. The van der Waals surface area contributed by atoms with E-state index in [9.17, 15) is 0 Å². The van der Waals surface area contributed by atoms with Gasteiger partial charge in [0.2, 0.25) is 0 Å². The van der Waals surface area contributed by atoms with Crippen LogP contribution in [0.4, 0.5) is 0 Å². The first-order valence-corrected chi connectivity index (χ1v) is 11.4. The molecule has 0 atom stereocenters. The summed E-state index contributed by atoms with van der Waals surface area (Å²) in [4.78, 5) is 13.7. The summed E-state index contributed by atoms with van der Waals surface area (Å²) < 4.78 is 2.02. The van der Waals surface area contributed by atoms with Crippen molar-refractivity contribution in [3.05, 3.63) is 72.4 Å². The van der Waals surface area contributed by atoms with Gasteiger partial charge in [-0.2, -0.15) is 5.10 Å². The molecule has 0 saturated carbocycles. The van der Waals surface area contributed by atoms with Crippen molar-refractivity contribution in [2.75, 3.05) is 27.2 Å². The minimum absolute atomic E-state index is 0.878. The molecule has 0 unspecified atom stereocenters. The van der Waals surface area contributed by atoms with Gasteiger partial charge in [-0.3, -0.25) is 14.9 Å². The topological polar surface area (TPSA) is 50.1 Å². The van der Waals surface area contributed by atoms with Gasteiger partial charge in [0.05, 0.1) is 23.1 Å². The molecule has 1 fully saturated rings. The summed E-state index contributed by atoms with van der Waals surface area (Å²) in [6.45, 7) is 4.13. The van der Waals surface area contributed by atoms with Gasteiger partial charge in [-0.25, -0.2) is 4.68 Å². The summed E-state index contributed by atoms with van der Waals surface area (Å²) in [5.41, 5.74) is 6.76. The fourth-order valence-corrected chi connectivity index (χ4v) is 4.55. The summed E-state index contributed by atoms with van der Waals surface area (Å²) in [7, 11) is 4.15. The minimum atomic E-state index is 0.878. The number of rotatable bonds is 6. The molecule has 0 N–H and O–H groups in total. The van der Waals surface area contributed by atoms with E-state index in [1.165, 1.54) is 37.9 Å². The first-order valence-electron chi connectivity index (χ1n) is 11.4. The van der Waals surface area contributed by atoms with Gasteiger partial charge >= 0.3 is 0 Å². The van der Waals surface area contributed by atoms with Crippen LogP contribution in [-0.2, 0) is 13.1 Å². The Morgan fingerprint density at radius 3 is 2.62 bits per heavy atom. The lowest BCUT2D eigenvalue weighted by Crippen LogP contribution is -2.29. The van der Waals surface area contributed by atoms with Crippen molar-refractivity contribution in [1.29, 1.82) is 0 Å². The maximum absolute atomic E-state index is 4.70. The second-order valence-corrected chi connectivity index (χ2v) is 8.99. The Balaban J connectivity index is 1.42. The summed E-state index contributed by atoms with van der Waals surface area (Å²) in [6.07, 6.45) is 11.6. The second kappa shape index (κ2) is 9.18. The van der Waals surface area contributed by atoms with Crippen LogP contribution in [0.3, 0.4) is 0 Å². The SMILES string of the molecule is CN(C)Cc1cncc(-c2ccc3c(cnn3-c3ccnc(CN4CCCCC4)c3)c2)c1. The standard InChI is InChI=1S/C26H30N6/c1-30(2)18-20-12-22(16-27-15-20)21-6-7-26-23(13-21)17-29-32(26)25-8-9-28-24(14-25)19-31-10-4-3-5-11-31/h6-9,12-17H,3-5,10-11,18-19H2,1-2H3. The van der Waals surface area contributed by atoms with Gasteiger partial charge in [0.25, 0.3) is 0 Å². The van der Waals surface area contributed by atoms with Crippen LogP contribution >= 0.6 is 0 Å². The molecule has 4 heterocycles. The maximum atomic E-state index is 4.70. The van der Waals surface area contributed by atoms with Crippen LogP contribution < -0.4 is 0 Å². The van der Waals surface area contributed by atoms with Gasteiger partial charge in [0, 0.05) is 42.6 Å². The van der Waals surface area contributed by atoms with E-state index < -0.39 is 0 Å². The van der Waals surface area contributed by atoms with E-state index in [4.69, 9.17) is 5.10 Å². The largest absolute Gasteiger partial charge is 0.305 e. The predicted octanol–water partition coefficient (Wildman–Crippen LogP) is 4.53. The van der Waals surface area contributed by atoms with Crippen molar-refractivity contribution in [2.45, 2.75) is 32.4 Å². The zero-order valence-corrected chi connectivity index (χ0v) is 18.9. The van der Waals surface area contributed by atoms with Crippen LogP contribution in [0.2, 0.25) is 0 Å². The molecule has 164 valence electrons. The van der Waals surface area contributed by atoms with E-state index in [0.717, 1.165) is 46.5 Å². The first-order chi connectivity index (χ1) is 15.7. The smallest absolute Gasteiger partial charge is 0.0741 e. The van der Waals surface area contributed by atoms with Crippen molar-refractivity contribution in [2.24, 2.45) is 0 Å². The lowest BCUT2D eigenvalue weighted by molar-refractivity contribution is 0.218. The molecule has 32 heavy (non-hydrogen) atoms. The molecule has 0 bridgehead atoms. The zero-order chi connectivity index (χ0) is 21.9. The lowest BCUT2D eigenvalue weighted by atomic mass is 10.0. The Kier molecular flexibility index (Phi) is 5.97. The van der Waals surface area contributed by atoms with E-state index >= 15 is 0 Å². The van der Waals surface area contributed by atoms with Gasteiger partial charge in [-0.05, 0) is 81.5 Å². The fraction of sp³-hybridized carbons (Fsp3) is 0.346. The lowest BCUT2D eigenvalue weighted by Gasteiger charge is -2.26. The van der Waals surface area contributed by atoms with Gasteiger partial charge in [-0.15, -0.1) is 0 Å². The zero-order valence-electron chi connectivity index (χ0n) is 18.9. The molecular weight excluding hydrogens is 396 g/mol. The Bertz CT molecular complexity index is 1210. The molecule has 1 saturated heterocycles. The quantitative estimate of drug-likeness (QED) is 0.453. The molecule has 5 rings (SSSR count). The molecule has 6 heteroatoms. The molecule has 3 aromatic heterocycles. The number of likely N-dealkylation sites (tertiary alicyclic amines) is 1. The normalized spacial score (nSPS) is 15.0. The molecule has 0 radical (unpaired) electrons. The third kappa shape index (κ3) is 4.56. The molecule has 1 aliphatic rings. The Labute approximate surface area is 189 Å². The third-order valence-electron chi connectivity index (χ3n) is 6.07. The fourth-order valence-electron chi connectivity index (χ4n) is 4.55. The predicted molar refractivity (Wildman–Crippen MR) is 129 cm³/mol. The highest BCUT2D eigenvalue weighted by molar-refractivity contribution is 5.85. The highest BCUT2D eigenvalue weighted by Gasteiger charge is 2.13. The average Bonchev–Trinajstić information content (AvgIpc) is 3.23. The molecule has 4 aromatic rings. The number of nitrogens with zero attached hydrogens (tertiary/aromatic N) is 6. The van der Waals surface area contributed by atoms with Crippen LogP contribution in [0.5, 0.6) is 0 Å². The Morgan fingerprint density at radius 2 is 1.78 bits per heavy atom. The van der Waals surface area contributed by atoms with Crippen LogP contribution in [-0.4, -0.2) is 56.7 Å². The molecule has 1 aromatic carbocycles. The molecule has 6 nitrogen and oxygen atoms in total. The van der Waals surface area contributed by atoms with E-state index in [2.05, 4.69) is 64.2 Å². The average molecular weight is 427 g/mol. The molecular formula is C26H30N6. The highest BCUT2D eigenvalue weighted by atomic mass is 15.3. The summed E-state index contributed by atoms with van der Waals surface area (Å²) >= 11 is 0. The highest BCUT2D eigenvalue weighted by Crippen LogP contribution is 2.26. The Morgan fingerprint density at radius 1 is 0.906 bits per heavy atom. The number of aromatic nitrogens is 4. The van der Waals surface area contributed by atoms with Gasteiger partial charge in [-0.1, -0.05) is 12.5 Å². The number of pyridine rings is 2. The summed E-state index contributed by atoms with van der Waals surface area (Å²) in [5, 5.41) is 5.82. The first kappa shape index (κ1) is 20.8. The number of piperidine rings is 1. The van der Waals surface area contributed by atoms with Crippen molar-refractivity contribution in [3.63, 3.8) is 0 Å². The van der Waals surface area contributed by atoms with Crippen molar-refractivity contribution >= 4 is 10.9 Å². The number of hydrogen-bond donors (Lipinski definition) is 0. The van der Waals surface area contributed by atoms with Crippen LogP contribution in [0.25, 0.3) is 27.7 Å².